The van der Waals surface area contributed by atoms with E-state index in [1.54, 1.807) is 0 Å². The van der Waals surface area contributed by atoms with Gasteiger partial charge in [-0.3, -0.25) is 14.4 Å². The molecular formula is C21H23ClFNO4S. The molecule has 156 valence electrons. The van der Waals surface area contributed by atoms with Crippen LogP contribution < -0.4 is 4.90 Å². The number of benzene rings is 1. The normalized spacial score (nSPS) is 16.4. The summed E-state index contributed by atoms with van der Waals surface area (Å²) in [5, 5.41) is 0.117. The summed E-state index contributed by atoms with van der Waals surface area (Å²) in [5.74, 6) is -2.05. The van der Waals surface area contributed by atoms with Crippen molar-refractivity contribution in [2.45, 2.75) is 56.8 Å². The zero-order valence-corrected chi connectivity index (χ0v) is 17.8. The minimum Gasteiger partial charge on any atom is -0.465 e. The van der Waals surface area contributed by atoms with Crippen LogP contribution in [-0.4, -0.2) is 30.1 Å². The maximum absolute atomic E-state index is 14.6. The Labute approximate surface area is 178 Å². The fraction of sp³-hybridized carbons (Fsp3) is 0.476. The van der Waals surface area contributed by atoms with Crippen LogP contribution >= 0.6 is 23.4 Å². The Morgan fingerprint density at radius 2 is 1.83 bits per heavy atom. The number of carbonyl (C=O) groups excluding carboxylic acids is 3. The summed E-state index contributed by atoms with van der Waals surface area (Å²) in [6.45, 7) is 2.43. The predicted octanol–water partition coefficient (Wildman–Crippen LogP) is 5.05. The van der Waals surface area contributed by atoms with E-state index in [2.05, 4.69) is 6.92 Å². The van der Waals surface area contributed by atoms with E-state index in [0.29, 0.717) is 35.5 Å². The molecule has 0 unspecified atom stereocenters. The molecular weight excluding hydrogens is 417 g/mol. The first kappa shape index (κ1) is 21.8. The highest BCUT2D eigenvalue weighted by atomic mass is 35.5. The average Bonchev–Trinajstić information content (AvgIpc) is 2.96. The number of ether oxygens (including phenoxy) is 1. The third kappa shape index (κ3) is 4.83. The second-order valence-electron chi connectivity index (χ2n) is 7.06. The molecule has 5 nitrogen and oxygen atoms in total. The summed E-state index contributed by atoms with van der Waals surface area (Å²) >= 11 is 7.21. The lowest BCUT2D eigenvalue weighted by atomic mass is 9.93. The molecule has 0 fully saturated rings. The van der Waals surface area contributed by atoms with Crippen LogP contribution in [-0.2, 0) is 19.1 Å². The average molecular weight is 440 g/mol. The summed E-state index contributed by atoms with van der Waals surface area (Å²) in [5.41, 5.74) is 0.846. The minimum atomic E-state index is -0.747. The summed E-state index contributed by atoms with van der Waals surface area (Å²) in [4.78, 5) is 38.6. The number of esters is 1. The number of thioether (sulfide) groups is 1. The van der Waals surface area contributed by atoms with Crippen molar-refractivity contribution in [1.29, 1.82) is 0 Å². The Morgan fingerprint density at radius 3 is 2.45 bits per heavy atom. The Morgan fingerprint density at radius 1 is 1.17 bits per heavy atom. The second kappa shape index (κ2) is 9.76. The lowest BCUT2D eigenvalue weighted by molar-refractivity contribution is -0.140. The molecule has 8 heteroatoms. The first-order chi connectivity index (χ1) is 13.9. The van der Waals surface area contributed by atoms with Crippen molar-refractivity contribution in [2.24, 2.45) is 0 Å². The van der Waals surface area contributed by atoms with Crippen molar-refractivity contribution >= 4 is 46.8 Å². The lowest BCUT2D eigenvalue weighted by Gasteiger charge is -2.17. The number of carbonyl (C=O) groups is 3. The van der Waals surface area contributed by atoms with Crippen LogP contribution in [0.5, 0.6) is 0 Å². The number of amides is 2. The predicted molar refractivity (Wildman–Crippen MR) is 111 cm³/mol. The quantitative estimate of drug-likeness (QED) is 0.245. The number of hydrogen-bond acceptors (Lipinski definition) is 5. The van der Waals surface area contributed by atoms with Crippen LogP contribution in [0.4, 0.5) is 10.1 Å². The molecule has 1 aliphatic heterocycles. The smallest absolute Gasteiger partial charge is 0.316 e. The Bertz CT molecular complexity index is 842. The zero-order chi connectivity index (χ0) is 21.0. The molecule has 0 atom stereocenters. The first-order valence-electron chi connectivity index (χ1n) is 9.82. The van der Waals surface area contributed by atoms with Crippen molar-refractivity contribution in [3.63, 3.8) is 0 Å². The van der Waals surface area contributed by atoms with E-state index in [1.807, 2.05) is 0 Å². The van der Waals surface area contributed by atoms with Crippen LogP contribution in [0.15, 0.2) is 28.2 Å². The van der Waals surface area contributed by atoms with Gasteiger partial charge in [-0.2, -0.15) is 0 Å². The van der Waals surface area contributed by atoms with E-state index in [0.717, 1.165) is 54.8 Å². The summed E-state index contributed by atoms with van der Waals surface area (Å²) in [7, 11) is 0. The van der Waals surface area contributed by atoms with Crippen molar-refractivity contribution < 1.29 is 23.5 Å². The highest BCUT2D eigenvalue weighted by Crippen LogP contribution is 2.39. The maximum Gasteiger partial charge on any atom is 0.316 e. The third-order valence-electron chi connectivity index (χ3n) is 4.99. The fourth-order valence-corrected chi connectivity index (χ4v) is 4.54. The van der Waals surface area contributed by atoms with Gasteiger partial charge in [0.15, 0.2) is 0 Å². The van der Waals surface area contributed by atoms with Crippen LogP contribution in [0.25, 0.3) is 0 Å². The van der Waals surface area contributed by atoms with Gasteiger partial charge in [-0.15, -0.1) is 11.8 Å². The fourth-order valence-electron chi connectivity index (χ4n) is 3.48. The van der Waals surface area contributed by atoms with E-state index in [-0.39, 0.29) is 16.5 Å². The van der Waals surface area contributed by atoms with Crippen LogP contribution in [0.1, 0.15) is 51.9 Å². The standard InChI is InChI=1S/C21H23ClFNO4S/c1-2-3-6-9-28-19(25)12-29-18-11-17(16(23)10-15(18)22)24-20(26)13-7-4-5-8-14(13)21(24)27/h10-11H,2-9,12H2,1H3. The maximum atomic E-state index is 14.6. The van der Waals surface area contributed by atoms with Crippen molar-refractivity contribution in [3.8, 4) is 0 Å². The van der Waals surface area contributed by atoms with Gasteiger partial charge in [-0.05, 0) is 44.2 Å². The van der Waals surface area contributed by atoms with Crippen LogP contribution in [0.2, 0.25) is 5.02 Å². The third-order valence-corrected chi connectivity index (χ3v) is 6.44. The molecule has 1 aliphatic carbocycles. The molecule has 1 heterocycles. The molecule has 3 rings (SSSR count). The Balaban J connectivity index is 1.72. The lowest BCUT2D eigenvalue weighted by Crippen LogP contribution is -2.32. The topological polar surface area (TPSA) is 63.7 Å². The first-order valence-corrected chi connectivity index (χ1v) is 11.2. The monoisotopic (exact) mass is 439 g/mol. The largest absolute Gasteiger partial charge is 0.465 e. The molecule has 0 spiro atoms. The van der Waals surface area contributed by atoms with E-state index in [1.165, 1.54) is 6.07 Å². The van der Waals surface area contributed by atoms with Gasteiger partial charge in [0.25, 0.3) is 11.8 Å². The number of halogens is 2. The SMILES string of the molecule is CCCCCOC(=O)CSc1cc(N2C(=O)C3=C(CCCC3)C2=O)c(F)cc1Cl. The Kier molecular flexibility index (Phi) is 7.35. The van der Waals surface area contributed by atoms with Crippen LogP contribution in [0.3, 0.4) is 0 Å². The molecule has 1 aromatic carbocycles. The van der Waals surface area contributed by atoms with E-state index >= 15 is 0 Å². The molecule has 0 aromatic heterocycles. The molecule has 0 N–H and O–H groups in total. The number of nitrogens with zero attached hydrogens (tertiary/aromatic N) is 1. The highest BCUT2D eigenvalue weighted by molar-refractivity contribution is 8.00. The molecule has 0 bridgehead atoms. The van der Waals surface area contributed by atoms with Crippen molar-refractivity contribution in [2.75, 3.05) is 17.3 Å². The van der Waals surface area contributed by atoms with Gasteiger partial charge in [-0.25, -0.2) is 9.29 Å². The Hall–Kier alpha value is -1.86. The van der Waals surface area contributed by atoms with Crippen molar-refractivity contribution in [1.82, 2.24) is 0 Å². The molecule has 29 heavy (non-hydrogen) atoms. The second-order valence-corrected chi connectivity index (χ2v) is 8.48. The van der Waals surface area contributed by atoms with E-state index in [9.17, 15) is 18.8 Å². The van der Waals surface area contributed by atoms with Crippen LogP contribution in [0, 0.1) is 5.82 Å². The molecule has 2 amide bonds. The molecule has 0 saturated heterocycles. The van der Waals surface area contributed by atoms with E-state index in [4.69, 9.17) is 16.3 Å². The van der Waals surface area contributed by atoms with Gasteiger partial charge in [0.05, 0.1) is 23.1 Å². The summed E-state index contributed by atoms with van der Waals surface area (Å²) in [6, 6.07) is 2.44. The molecule has 0 radical (unpaired) electrons. The van der Waals surface area contributed by atoms with Gasteiger partial charge >= 0.3 is 5.97 Å². The van der Waals surface area contributed by atoms with Gasteiger partial charge < -0.3 is 4.74 Å². The zero-order valence-electron chi connectivity index (χ0n) is 16.3. The minimum absolute atomic E-state index is 0.00750. The highest BCUT2D eigenvalue weighted by Gasteiger charge is 2.41. The molecule has 2 aliphatic rings. The number of rotatable bonds is 8. The summed E-state index contributed by atoms with van der Waals surface area (Å²) < 4.78 is 19.8. The van der Waals surface area contributed by atoms with Gasteiger partial charge in [0, 0.05) is 16.0 Å². The molecule has 1 aromatic rings. The van der Waals surface area contributed by atoms with Gasteiger partial charge in [0.2, 0.25) is 0 Å². The number of hydrogen-bond donors (Lipinski definition) is 0. The number of imide groups is 1. The number of unbranched alkanes of at least 4 members (excludes halogenated alkanes) is 2. The van der Waals surface area contributed by atoms with Gasteiger partial charge in [-0.1, -0.05) is 31.4 Å². The van der Waals surface area contributed by atoms with Crippen molar-refractivity contribution in [3.05, 3.63) is 34.1 Å². The van der Waals surface area contributed by atoms with Gasteiger partial charge in [0.1, 0.15) is 5.82 Å². The summed E-state index contributed by atoms with van der Waals surface area (Å²) in [6.07, 6.45) is 5.60. The van der Waals surface area contributed by atoms with E-state index < -0.39 is 23.6 Å². The molecule has 0 saturated carbocycles. The number of anilines is 1.